The van der Waals surface area contributed by atoms with Crippen molar-refractivity contribution in [3.05, 3.63) is 191 Å². The van der Waals surface area contributed by atoms with Crippen LogP contribution in [0.25, 0.3) is 11.1 Å². The van der Waals surface area contributed by atoms with E-state index in [9.17, 15) is 9.59 Å². The van der Waals surface area contributed by atoms with Gasteiger partial charge in [-0.05, 0) is 33.4 Å². The van der Waals surface area contributed by atoms with Crippen LogP contribution in [0.4, 0.5) is 0 Å². The number of amides is 1. The highest BCUT2D eigenvalue weighted by Crippen LogP contribution is 2.48. The van der Waals surface area contributed by atoms with E-state index in [0.29, 0.717) is 11.1 Å². The summed E-state index contributed by atoms with van der Waals surface area (Å²) in [5.74, 6) is -1.37. The van der Waals surface area contributed by atoms with E-state index >= 15 is 0 Å². The third kappa shape index (κ3) is 5.30. The zero-order chi connectivity index (χ0) is 28.0. The maximum absolute atomic E-state index is 14.3. The number of nitrogens with one attached hydrogen (secondary N) is 1. The van der Waals surface area contributed by atoms with Crippen LogP contribution >= 0.6 is 0 Å². The number of hydrogen-bond acceptors (Lipinski definition) is 2. The van der Waals surface area contributed by atoms with Crippen LogP contribution in [-0.2, 0) is 4.79 Å². The van der Waals surface area contributed by atoms with E-state index in [1.165, 1.54) is 0 Å². The van der Waals surface area contributed by atoms with Crippen LogP contribution in [0, 0.1) is 0 Å². The molecule has 1 amide bonds. The molecule has 1 aliphatic heterocycles. The summed E-state index contributed by atoms with van der Waals surface area (Å²) in [4.78, 5) is 28.5. The Hall–Kier alpha value is -5.28. The number of carbonyl (C=O) groups is 2. The zero-order valence-electron chi connectivity index (χ0n) is 22.5. The molecule has 0 bridgehead atoms. The van der Waals surface area contributed by atoms with Crippen molar-refractivity contribution in [3.63, 3.8) is 0 Å². The van der Waals surface area contributed by atoms with Crippen LogP contribution in [0.15, 0.2) is 163 Å². The Morgan fingerprint density at radius 1 is 0.488 bits per heavy atom. The molecule has 2 atom stereocenters. The molecule has 6 rings (SSSR count). The van der Waals surface area contributed by atoms with Gasteiger partial charge in [-0.2, -0.15) is 0 Å². The van der Waals surface area contributed by atoms with Crippen molar-refractivity contribution in [3.8, 4) is 0 Å². The number of benzene rings is 5. The maximum atomic E-state index is 14.3. The molecule has 0 unspecified atom stereocenters. The lowest BCUT2D eigenvalue weighted by Gasteiger charge is -2.33. The standard InChI is InChI=1S/C38H29NO2/c40-37(31-24-14-5-15-25-31)32-26-39-38(41)36(30-22-12-4-13-23-30)35(29-20-10-3-11-21-29)34(28-18-8-2-9-19-28)33(32)27-16-6-1-7-17-27/h1-26,33,36H,(H,39,41)/t33-,36-/m1/s1. The Balaban J connectivity index is 1.74. The Labute approximate surface area is 240 Å². The van der Waals surface area contributed by atoms with Crippen LogP contribution < -0.4 is 5.32 Å². The number of carbonyl (C=O) groups excluding carboxylic acids is 2. The number of Topliss-reactive ketones (excluding diaryl/α,β-unsaturated/α-hetero) is 1. The van der Waals surface area contributed by atoms with Gasteiger partial charge in [0.15, 0.2) is 5.78 Å². The molecule has 0 fully saturated rings. The van der Waals surface area contributed by atoms with E-state index in [-0.39, 0.29) is 11.7 Å². The summed E-state index contributed by atoms with van der Waals surface area (Å²) in [7, 11) is 0. The summed E-state index contributed by atoms with van der Waals surface area (Å²) in [6, 6.07) is 49.4. The van der Waals surface area contributed by atoms with Crippen LogP contribution in [0.5, 0.6) is 0 Å². The average Bonchev–Trinajstić information content (AvgIpc) is 3.04. The minimum absolute atomic E-state index is 0.126. The second kappa shape index (κ2) is 11.8. The number of ketones is 1. The minimum atomic E-state index is -0.607. The summed E-state index contributed by atoms with van der Waals surface area (Å²) in [5, 5.41) is 3.05. The lowest BCUT2D eigenvalue weighted by atomic mass is 9.71. The number of hydrogen-bond donors (Lipinski definition) is 1. The van der Waals surface area contributed by atoms with E-state index in [0.717, 1.165) is 33.4 Å². The molecule has 5 aromatic rings. The molecule has 5 aromatic carbocycles. The van der Waals surface area contributed by atoms with Gasteiger partial charge in [-0.1, -0.05) is 152 Å². The van der Waals surface area contributed by atoms with Gasteiger partial charge in [-0.15, -0.1) is 0 Å². The van der Waals surface area contributed by atoms with Crippen molar-refractivity contribution < 1.29 is 9.59 Å². The van der Waals surface area contributed by atoms with Crippen LogP contribution in [0.3, 0.4) is 0 Å². The van der Waals surface area contributed by atoms with E-state index in [1.807, 2.05) is 127 Å². The van der Waals surface area contributed by atoms with Gasteiger partial charge >= 0.3 is 0 Å². The van der Waals surface area contributed by atoms with Gasteiger partial charge in [0.2, 0.25) is 5.91 Å². The van der Waals surface area contributed by atoms with E-state index in [1.54, 1.807) is 6.20 Å². The summed E-state index contributed by atoms with van der Waals surface area (Å²) in [5.41, 5.74) is 6.64. The van der Waals surface area contributed by atoms with Crippen molar-refractivity contribution in [1.29, 1.82) is 0 Å². The quantitative estimate of drug-likeness (QED) is 0.225. The van der Waals surface area contributed by atoms with Crippen LogP contribution in [0.2, 0.25) is 0 Å². The smallest absolute Gasteiger partial charge is 0.235 e. The van der Waals surface area contributed by atoms with Gasteiger partial charge in [-0.25, -0.2) is 0 Å². The van der Waals surface area contributed by atoms with E-state index in [4.69, 9.17) is 0 Å². The first-order valence-corrected chi connectivity index (χ1v) is 13.8. The Morgan fingerprint density at radius 3 is 1.37 bits per heavy atom. The largest absolute Gasteiger partial charge is 0.331 e. The van der Waals surface area contributed by atoms with Crippen molar-refractivity contribution in [1.82, 2.24) is 5.32 Å². The first-order chi connectivity index (χ1) is 20.2. The molecule has 0 radical (unpaired) electrons. The predicted octanol–water partition coefficient (Wildman–Crippen LogP) is 8.06. The number of allylic oxidation sites excluding steroid dienone is 2. The molecule has 1 N–H and O–H groups in total. The molecule has 1 aliphatic rings. The predicted molar refractivity (Wildman–Crippen MR) is 165 cm³/mol. The van der Waals surface area contributed by atoms with Crippen molar-refractivity contribution >= 4 is 22.8 Å². The third-order valence-electron chi connectivity index (χ3n) is 7.54. The maximum Gasteiger partial charge on any atom is 0.235 e. The lowest BCUT2D eigenvalue weighted by molar-refractivity contribution is -0.120. The molecule has 0 saturated heterocycles. The minimum Gasteiger partial charge on any atom is -0.331 e. The fourth-order valence-electron chi connectivity index (χ4n) is 5.70. The molecule has 0 aromatic heterocycles. The van der Waals surface area contributed by atoms with E-state index in [2.05, 4.69) is 29.6 Å². The van der Waals surface area contributed by atoms with Crippen LogP contribution in [-0.4, -0.2) is 11.7 Å². The first kappa shape index (κ1) is 26.0. The highest BCUT2D eigenvalue weighted by atomic mass is 16.2. The molecule has 41 heavy (non-hydrogen) atoms. The topological polar surface area (TPSA) is 46.2 Å². The van der Waals surface area contributed by atoms with E-state index < -0.39 is 11.8 Å². The highest BCUT2D eigenvalue weighted by molar-refractivity contribution is 6.15. The Bertz CT molecular complexity index is 1710. The third-order valence-corrected chi connectivity index (χ3v) is 7.54. The fraction of sp³-hybridized carbons (Fsp3) is 0.0526. The van der Waals surface area contributed by atoms with Crippen LogP contribution in [0.1, 0.15) is 44.4 Å². The highest BCUT2D eigenvalue weighted by Gasteiger charge is 2.37. The molecule has 3 heteroatoms. The zero-order valence-corrected chi connectivity index (χ0v) is 22.5. The molecule has 198 valence electrons. The van der Waals surface area contributed by atoms with Crippen molar-refractivity contribution in [2.45, 2.75) is 11.8 Å². The fourth-order valence-corrected chi connectivity index (χ4v) is 5.70. The monoisotopic (exact) mass is 531 g/mol. The first-order valence-electron chi connectivity index (χ1n) is 13.8. The second-order valence-electron chi connectivity index (χ2n) is 10.1. The average molecular weight is 532 g/mol. The molecule has 0 spiro atoms. The Morgan fingerprint density at radius 2 is 0.878 bits per heavy atom. The molecule has 3 nitrogen and oxygen atoms in total. The second-order valence-corrected chi connectivity index (χ2v) is 10.1. The Kier molecular flexibility index (Phi) is 7.51. The van der Waals surface area contributed by atoms with Gasteiger partial charge in [0.25, 0.3) is 0 Å². The molecule has 1 heterocycles. The van der Waals surface area contributed by atoms with Gasteiger partial charge < -0.3 is 5.32 Å². The summed E-state index contributed by atoms with van der Waals surface area (Å²) in [6.07, 6.45) is 1.63. The normalized spacial score (nSPS) is 17.2. The van der Waals surface area contributed by atoms with Gasteiger partial charge in [0, 0.05) is 23.3 Å². The summed E-state index contributed by atoms with van der Waals surface area (Å²) < 4.78 is 0. The lowest BCUT2D eigenvalue weighted by Crippen LogP contribution is -2.31. The molecular formula is C38H29NO2. The van der Waals surface area contributed by atoms with Gasteiger partial charge in [-0.3, -0.25) is 9.59 Å². The summed E-state index contributed by atoms with van der Waals surface area (Å²) in [6.45, 7) is 0. The van der Waals surface area contributed by atoms with Gasteiger partial charge in [0.05, 0.1) is 5.92 Å². The molecule has 0 saturated carbocycles. The van der Waals surface area contributed by atoms with Crippen molar-refractivity contribution in [2.75, 3.05) is 0 Å². The van der Waals surface area contributed by atoms with Crippen molar-refractivity contribution in [2.24, 2.45) is 0 Å². The molecular weight excluding hydrogens is 502 g/mol. The molecule has 0 aliphatic carbocycles. The van der Waals surface area contributed by atoms with Gasteiger partial charge in [0.1, 0.15) is 0 Å². The summed E-state index contributed by atoms with van der Waals surface area (Å²) >= 11 is 0. The number of rotatable bonds is 6. The SMILES string of the molecule is O=C(C1=CNC(=O)[C@H](c2ccccc2)C(c2ccccc2)=C(c2ccccc2)[C@@H]1c1ccccc1)c1ccccc1.